The fourth-order valence-electron chi connectivity index (χ4n) is 4.47. The van der Waals surface area contributed by atoms with Crippen molar-refractivity contribution in [3.8, 4) is 5.75 Å². The van der Waals surface area contributed by atoms with E-state index < -0.39 is 17.6 Å². The molecule has 4 rings (SSSR count). The van der Waals surface area contributed by atoms with Crippen molar-refractivity contribution in [2.24, 2.45) is 11.7 Å². The number of para-hydroxylation sites is 1. The Morgan fingerprint density at radius 3 is 2.74 bits per heavy atom. The average Bonchev–Trinajstić information content (AvgIpc) is 2.91. The van der Waals surface area contributed by atoms with Gasteiger partial charge in [-0.15, -0.1) is 0 Å². The molecule has 2 aliphatic rings. The molecule has 2 bridgehead atoms. The lowest BCUT2D eigenvalue weighted by Gasteiger charge is -2.52. The number of hydrogen-bond donors (Lipinski definition) is 1. The first kappa shape index (κ1) is 17.6. The molecular weight excluding hydrogens is 344 g/mol. The number of piperidine rings is 1. The second-order valence-electron chi connectivity index (χ2n) is 7.65. The minimum atomic E-state index is -0.872. The van der Waals surface area contributed by atoms with Gasteiger partial charge in [-0.05, 0) is 38.5 Å². The predicted molar refractivity (Wildman–Crippen MR) is 98.9 cm³/mol. The number of primary amides is 1. The molecule has 1 aromatic heterocycles. The molecule has 1 aromatic carbocycles. The summed E-state index contributed by atoms with van der Waals surface area (Å²) in [6, 6.07) is 9.57. The molecule has 2 aliphatic heterocycles. The molecule has 7 heteroatoms. The normalized spacial score (nSPS) is 26.5. The topological polar surface area (TPSA) is 90.5 Å². The summed E-state index contributed by atoms with van der Waals surface area (Å²) < 4.78 is 8.12. The van der Waals surface area contributed by atoms with Crippen LogP contribution >= 0.6 is 0 Å². The zero-order valence-corrected chi connectivity index (χ0v) is 15.8. The molecule has 2 N–H and O–H groups in total. The van der Waals surface area contributed by atoms with E-state index in [0.717, 1.165) is 17.0 Å². The van der Waals surface area contributed by atoms with Gasteiger partial charge in [0.2, 0.25) is 11.8 Å². The maximum atomic E-state index is 13.2. The molecule has 0 aliphatic carbocycles. The summed E-state index contributed by atoms with van der Waals surface area (Å²) in [6.45, 7) is 6.76. The third kappa shape index (κ3) is 2.78. The summed E-state index contributed by atoms with van der Waals surface area (Å²) in [5.74, 6) is -1.26. The van der Waals surface area contributed by atoms with Crippen LogP contribution in [0.4, 0.5) is 0 Å². The van der Waals surface area contributed by atoms with E-state index in [4.69, 9.17) is 10.5 Å². The van der Waals surface area contributed by atoms with Crippen molar-refractivity contribution in [1.29, 1.82) is 0 Å². The van der Waals surface area contributed by atoms with Crippen LogP contribution in [0.5, 0.6) is 5.75 Å². The Balaban J connectivity index is 1.69. The molecule has 2 amide bonds. The van der Waals surface area contributed by atoms with Crippen LogP contribution in [0, 0.1) is 19.8 Å². The number of aryl methyl sites for hydroxylation is 2. The van der Waals surface area contributed by atoms with E-state index >= 15 is 0 Å². The molecule has 1 fully saturated rings. The van der Waals surface area contributed by atoms with Gasteiger partial charge >= 0.3 is 0 Å². The van der Waals surface area contributed by atoms with Gasteiger partial charge in [-0.25, -0.2) is 0 Å². The number of amides is 2. The van der Waals surface area contributed by atoms with E-state index in [1.165, 1.54) is 0 Å². The minimum Gasteiger partial charge on any atom is -0.468 e. The van der Waals surface area contributed by atoms with Crippen molar-refractivity contribution in [1.82, 2.24) is 14.7 Å². The van der Waals surface area contributed by atoms with E-state index in [0.29, 0.717) is 25.3 Å². The zero-order valence-electron chi connectivity index (χ0n) is 15.8. The first-order valence-corrected chi connectivity index (χ1v) is 9.20. The molecule has 2 aromatic rings. The lowest BCUT2D eigenvalue weighted by atomic mass is 9.73. The van der Waals surface area contributed by atoms with Crippen molar-refractivity contribution >= 4 is 11.8 Å². The van der Waals surface area contributed by atoms with E-state index in [2.05, 4.69) is 5.10 Å². The second kappa shape index (κ2) is 6.11. The van der Waals surface area contributed by atoms with Crippen molar-refractivity contribution in [2.45, 2.75) is 45.4 Å². The maximum Gasteiger partial charge on any atom is 0.238 e. The highest BCUT2D eigenvalue weighted by Crippen LogP contribution is 2.49. The lowest BCUT2D eigenvalue weighted by molar-refractivity contribution is -0.175. The third-order valence-corrected chi connectivity index (χ3v) is 5.70. The molecule has 1 saturated heterocycles. The van der Waals surface area contributed by atoms with E-state index in [1.807, 2.05) is 55.8 Å². The largest absolute Gasteiger partial charge is 0.468 e. The molecule has 142 valence electrons. The number of likely N-dealkylation sites (tertiary alicyclic amines) is 1. The molecule has 0 spiro atoms. The van der Waals surface area contributed by atoms with Crippen molar-refractivity contribution < 1.29 is 14.3 Å². The number of benzene rings is 1. The van der Waals surface area contributed by atoms with Crippen molar-refractivity contribution in [2.75, 3.05) is 6.54 Å². The first-order valence-electron chi connectivity index (χ1n) is 9.20. The van der Waals surface area contributed by atoms with E-state index in [1.54, 1.807) is 4.90 Å². The number of nitrogens with two attached hydrogens (primary N) is 1. The molecule has 7 nitrogen and oxygen atoms in total. The van der Waals surface area contributed by atoms with Crippen LogP contribution in [0.1, 0.15) is 36.2 Å². The minimum absolute atomic E-state index is 0.255. The Hall–Kier alpha value is -2.83. The summed E-state index contributed by atoms with van der Waals surface area (Å²) in [5, 5.41) is 4.46. The van der Waals surface area contributed by atoms with Gasteiger partial charge in [-0.1, -0.05) is 18.2 Å². The summed E-state index contributed by atoms with van der Waals surface area (Å²) in [5.41, 5.74) is 7.68. The highest BCUT2D eigenvalue weighted by Gasteiger charge is 2.55. The number of nitrogens with zero attached hydrogens (tertiary/aromatic N) is 3. The maximum absolute atomic E-state index is 13.2. The highest BCUT2D eigenvalue weighted by atomic mass is 16.5. The molecule has 3 heterocycles. The molecule has 0 unspecified atom stereocenters. The molecular formula is C20H24N4O3. The molecule has 0 saturated carbocycles. The predicted octanol–water partition coefficient (Wildman–Crippen LogP) is 1.73. The van der Waals surface area contributed by atoms with Crippen LogP contribution in [0.2, 0.25) is 0 Å². The number of carbonyl (C=O) groups excluding carboxylic acids is 2. The van der Waals surface area contributed by atoms with E-state index in [-0.39, 0.29) is 11.8 Å². The summed E-state index contributed by atoms with van der Waals surface area (Å²) in [7, 11) is 0. The number of rotatable bonds is 4. The van der Waals surface area contributed by atoms with Crippen LogP contribution in [-0.4, -0.2) is 38.8 Å². The quantitative estimate of drug-likeness (QED) is 0.832. The lowest BCUT2D eigenvalue weighted by Crippen LogP contribution is -2.65. The van der Waals surface area contributed by atoms with Gasteiger partial charge in [0.15, 0.2) is 5.72 Å². The third-order valence-electron chi connectivity index (χ3n) is 5.70. The van der Waals surface area contributed by atoms with Crippen LogP contribution < -0.4 is 10.5 Å². The fourth-order valence-corrected chi connectivity index (χ4v) is 4.47. The van der Waals surface area contributed by atoms with E-state index in [9.17, 15) is 9.59 Å². The van der Waals surface area contributed by atoms with Gasteiger partial charge in [0.05, 0.1) is 12.2 Å². The molecule has 27 heavy (non-hydrogen) atoms. The zero-order chi connectivity index (χ0) is 19.3. The van der Waals surface area contributed by atoms with Gasteiger partial charge in [0, 0.05) is 24.6 Å². The number of ether oxygens (including phenoxy) is 1. The van der Waals surface area contributed by atoms with Crippen molar-refractivity contribution in [3.05, 3.63) is 47.3 Å². The fraction of sp³-hybridized carbons (Fsp3) is 0.450. The molecule has 0 radical (unpaired) electrons. The van der Waals surface area contributed by atoms with Crippen LogP contribution in [-0.2, 0) is 16.1 Å². The number of carbonyl (C=O) groups is 2. The van der Waals surface area contributed by atoms with Crippen LogP contribution in [0.25, 0.3) is 0 Å². The van der Waals surface area contributed by atoms with Gasteiger partial charge in [-0.2, -0.15) is 5.10 Å². The summed E-state index contributed by atoms with van der Waals surface area (Å²) in [6.07, 6.45) is 0.542. The van der Waals surface area contributed by atoms with Gasteiger partial charge in [0.25, 0.3) is 0 Å². The SMILES string of the molecule is Cc1cc(C)n(CCN2C(=O)[C@@H](C(N)=O)[C@H]3C[C@@]2(C)Oc2ccccc23)n1. The summed E-state index contributed by atoms with van der Waals surface area (Å²) in [4.78, 5) is 27.1. The number of hydrogen-bond acceptors (Lipinski definition) is 4. The smallest absolute Gasteiger partial charge is 0.238 e. The van der Waals surface area contributed by atoms with Crippen LogP contribution in [0.3, 0.4) is 0 Å². The van der Waals surface area contributed by atoms with Gasteiger partial charge < -0.3 is 15.4 Å². The second-order valence-corrected chi connectivity index (χ2v) is 7.65. The monoisotopic (exact) mass is 368 g/mol. The standard InChI is InChI=1S/C20H24N4O3/c1-12-10-13(2)24(22-12)9-8-23-19(26)17(18(21)25)15-11-20(23,3)27-16-7-5-4-6-14(15)16/h4-7,10,15,17H,8-9,11H2,1-3H3,(H2,21,25)/t15-,17+,20+/m0/s1. The average molecular weight is 368 g/mol. The highest BCUT2D eigenvalue weighted by molar-refractivity contribution is 6.01. The number of aromatic nitrogens is 2. The van der Waals surface area contributed by atoms with Crippen molar-refractivity contribution in [3.63, 3.8) is 0 Å². The summed E-state index contributed by atoms with van der Waals surface area (Å²) >= 11 is 0. The first-order chi connectivity index (χ1) is 12.8. The number of fused-ring (bicyclic) bond motifs is 4. The van der Waals surface area contributed by atoms with Crippen LogP contribution in [0.15, 0.2) is 30.3 Å². The Morgan fingerprint density at radius 1 is 1.33 bits per heavy atom. The Kier molecular flexibility index (Phi) is 3.98. The van der Waals surface area contributed by atoms with Gasteiger partial charge in [0.1, 0.15) is 11.7 Å². The van der Waals surface area contributed by atoms with Gasteiger partial charge in [-0.3, -0.25) is 14.3 Å². The Labute approximate surface area is 158 Å². The Morgan fingerprint density at radius 2 is 2.07 bits per heavy atom. The molecule has 3 atom stereocenters. The Bertz CT molecular complexity index is 922.